The number of pyridine rings is 1. The molecule has 0 bridgehead atoms. The van der Waals surface area contributed by atoms with E-state index in [1.165, 1.54) is 5.56 Å². The minimum Gasteiger partial charge on any atom is -0.494 e. The molecule has 0 radical (unpaired) electrons. The fourth-order valence-corrected chi connectivity index (χ4v) is 2.49. The molecule has 1 aromatic carbocycles. The highest BCUT2D eigenvalue weighted by Crippen LogP contribution is 2.29. The molecule has 0 N–H and O–H groups in total. The molecule has 20 heavy (non-hydrogen) atoms. The van der Waals surface area contributed by atoms with Crippen LogP contribution < -0.4 is 4.74 Å². The number of aromatic nitrogens is 3. The molecule has 0 amide bonds. The number of rotatable bonds is 3. The van der Waals surface area contributed by atoms with Crippen LogP contribution >= 0.6 is 0 Å². The van der Waals surface area contributed by atoms with Gasteiger partial charge in [-0.15, -0.1) is 0 Å². The van der Waals surface area contributed by atoms with E-state index in [0.29, 0.717) is 0 Å². The van der Waals surface area contributed by atoms with E-state index >= 15 is 0 Å². The number of aryl methyl sites for hydroxylation is 2. The highest BCUT2D eigenvalue weighted by atomic mass is 16.5. The summed E-state index contributed by atoms with van der Waals surface area (Å²) < 4.78 is 7.37. The van der Waals surface area contributed by atoms with Crippen molar-refractivity contribution in [1.29, 1.82) is 0 Å². The molecule has 2 aromatic heterocycles. The van der Waals surface area contributed by atoms with Gasteiger partial charge in [-0.05, 0) is 37.6 Å². The van der Waals surface area contributed by atoms with Crippen LogP contribution in [0.3, 0.4) is 0 Å². The number of hydrogen-bond donors (Lipinski definition) is 0. The predicted octanol–water partition coefficient (Wildman–Crippen LogP) is 3.44. The van der Waals surface area contributed by atoms with E-state index in [1.54, 1.807) is 7.11 Å². The lowest BCUT2D eigenvalue weighted by Crippen LogP contribution is -2.01. The lowest BCUT2D eigenvalue weighted by Gasteiger charge is -2.10. The maximum Gasteiger partial charge on any atom is 0.145 e. The quantitative estimate of drug-likeness (QED) is 0.730. The third kappa shape index (κ3) is 1.93. The zero-order valence-corrected chi connectivity index (χ0v) is 11.9. The third-order valence-corrected chi connectivity index (χ3v) is 3.51. The Morgan fingerprint density at radius 3 is 2.85 bits per heavy atom. The van der Waals surface area contributed by atoms with Crippen molar-refractivity contribution >= 4 is 10.9 Å². The van der Waals surface area contributed by atoms with E-state index in [-0.39, 0.29) is 0 Å². The van der Waals surface area contributed by atoms with Crippen molar-refractivity contribution in [2.24, 2.45) is 0 Å². The van der Waals surface area contributed by atoms with Crippen molar-refractivity contribution in [1.82, 2.24) is 14.8 Å². The van der Waals surface area contributed by atoms with Crippen LogP contribution in [0.4, 0.5) is 0 Å². The van der Waals surface area contributed by atoms with Gasteiger partial charge in [0.15, 0.2) is 0 Å². The van der Waals surface area contributed by atoms with Gasteiger partial charge >= 0.3 is 0 Å². The van der Waals surface area contributed by atoms with Crippen molar-refractivity contribution in [3.05, 3.63) is 42.1 Å². The molecule has 0 fully saturated rings. The molecule has 0 unspecified atom stereocenters. The number of nitrogens with zero attached hydrogens (tertiary/aromatic N) is 3. The molecule has 0 spiro atoms. The lowest BCUT2D eigenvalue weighted by atomic mass is 10.1. The van der Waals surface area contributed by atoms with Crippen molar-refractivity contribution in [2.75, 3.05) is 7.11 Å². The molecule has 0 aliphatic carbocycles. The summed E-state index contributed by atoms with van der Waals surface area (Å²) in [6, 6.07) is 10.1. The van der Waals surface area contributed by atoms with Crippen LogP contribution in [0.5, 0.6) is 5.75 Å². The fraction of sp³-hybridized carbons (Fsp3) is 0.250. The van der Waals surface area contributed by atoms with Gasteiger partial charge in [0.2, 0.25) is 0 Å². The van der Waals surface area contributed by atoms with E-state index < -0.39 is 0 Å². The Morgan fingerprint density at radius 2 is 2.10 bits per heavy atom. The average molecular weight is 267 g/mol. The second-order valence-corrected chi connectivity index (χ2v) is 4.71. The zero-order valence-electron chi connectivity index (χ0n) is 11.9. The Labute approximate surface area is 118 Å². The first-order valence-corrected chi connectivity index (χ1v) is 6.71. The van der Waals surface area contributed by atoms with Crippen LogP contribution in [0, 0.1) is 6.92 Å². The fourth-order valence-electron chi connectivity index (χ4n) is 2.49. The molecule has 0 aliphatic heterocycles. The molecule has 2 heterocycles. The van der Waals surface area contributed by atoms with Gasteiger partial charge < -0.3 is 4.74 Å². The summed E-state index contributed by atoms with van der Waals surface area (Å²) in [6.45, 7) is 5.00. The van der Waals surface area contributed by atoms with Crippen molar-refractivity contribution in [3.63, 3.8) is 0 Å². The monoisotopic (exact) mass is 267 g/mol. The zero-order chi connectivity index (χ0) is 14.1. The minimum absolute atomic E-state index is 0.801. The minimum atomic E-state index is 0.801. The summed E-state index contributed by atoms with van der Waals surface area (Å²) in [4.78, 5) is 4.77. The van der Waals surface area contributed by atoms with Gasteiger partial charge in [-0.25, -0.2) is 4.98 Å². The number of fused-ring (bicyclic) bond motifs is 1. The summed E-state index contributed by atoms with van der Waals surface area (Å²) >= 11 is 0. The lowest BCUT2D eigenvalue weighted by molar-refractivity contribution is 0.419. The van der Waals surface area contributed by atoms with E-state index in [0.717, 1.165) is 34.6 Å². The van der Waals surface area contributed by atoms with E-state index in [1.807, 2.05) is 29.1 Å². The Hall–Kier alpha value is -2.36. The summed E-state index contributed by atoms with van der Waals surface area (Å²) in [7, 11) is 1.68. The highest BCUT2D eigenvalue weighted by Gasteiger charge is 2.11. The summed E-state index contributed by atoms with van der Waals surface area (Å²) in [5.41, 5.74) is 4.05. The van der Waals surface area contributed by atoms with Gasteiger partial charge in [-0.2, -0.15) is 5.10 Å². The Balaban J connectivity index is 2.28. The van der Waals surface area contributed by atoms with Gasteiger partial charge in [0.05, 0.1) is 18.5 Å². The van der Waals surface area contributed by atoms with E-state index in [9.17, 15) is 0 Å². The van der Waals surface area contributed by atoms with Crippen molar-refractivity contribution < 1.29 is 4.74 Å². The maximum atomic E-state index is 5.43. The Bertz CT molecular complexity index is 762. The van der Waals surface area contributed by atoms with Crippen LogP contribution in [0.2, 0.25) is 0 Å². The number of ether oxygens (including phenoxy) is 1. The molecule has 4 heteroatoms. The van der Waals surface area contributed by atoms with Gasteiger partial charge in [-0.3, -0.25) is 4.68 Å². The molecule has 0 saturated heterocycles. The molecule has 4 nitrogen and oxygen atoms in total. The van der Waals surface area contributed by atoms with Crippen LogP contribution in [0.25, 0.3) is 22.3 Å². The van der Waals surface area contributed by atoms with Crippen LogP contribution in [-0.4, -0.2) is 21.9 Å². The molecular formula is C16H17N3O. The molecule has 0 saturated carbocycles. The summed E-state index contributed by atoms with van der Waals surface area (Å²) in [6.07, 6.45) is 1.81. The Morgan fingerprint density at radius 1 is 1.25 bits per heavy atom. The molecule has 0 aliphatic rings. The molecular weight excluding hydrogens is 250 g/mol. The molecule has 3 rings (SSSR count). The summed E-state index contributed by atoms with van der Waals surface area (Å²) in [5.74, 6) is 0.801. The maximum absolute atomic E-state index is 5.43. The van der Waals surface area contributed by atoms with E-state index in [2.05, 4.69) is 31.1 Å². The third-order valence-electron chi connectivity index (χ3n) is 3.51. The van der Waals surface area contributed by atoms with E-state index in [4.69, 9.17) is 9.72 Å². The predicted molar refractivity (Wildman–Crippen MR) is 79.9 cm³/mol. The SMILES string of the molecule is CCn1nccc1-c1cc(C)c2cccc(OC)c2n1. The standard InChI is InChI=1S/C16H17N3O/c1-4-19-14(8-9-17-19)13-10-11(2)12-6-5-7-15(20-3)16(12)18-13/h5-10H,4H2,1-3H3. The second-order valence-electron chi connectivity index (χ2n) is 4.71. The average Bonchev–Trinajstić information content (AvgIpc) is 2.95. The van der Waals surface area contributed by atoms with Gasteiger partial charge in [0.1, 0.15) is 11.3 Å². The normalized spacial score (nSPS) is 10.9. The first kappa shape index (κ1) is 12.7. The topological polar surface area (TPSA) is 39.9 Å². The van der Waals surface area contributed by atoms with Crippen LogP contribution in [0.15, 0.2) is 36.5 Å². The first-order chi connectivity index (χ1) is 9.74. The van der Waals surface area contributed by atoms with Crippen LogP contribution in [0.1, 0.15) is 12.5 Å². The van der Waals surface area contributed by atoms with Crippen molar-refractivity contribution in [2.45, 2.75) is 20.4 Å². The largest absolute Gasteiger partial charge is 0.494 e. The number of methoxy groups -OCH3 is 1. The number of para-hydroxylation sites is 1. The highest BCUT2D eigenvalue weighted by molar-refractivity contribution is 5.89. The van der Waals surface area contributed by atoms with Crippen LogP contribution in [-0.2, 0) is 6.54 Å². The smallest absolute Gasteiger partial charge is 0.145 e. The van der Waals surface area contributed by atoms with Gasteiger partial charge in [0, 0.05) is 18.1 Å². The van der Waals surface area contributed by atoms with Gasteiger partial charge in [-0.1, -0.05) is 12.1 Å². The Kier molecular flexibility index (Phi) is 3.14. The first-order valence-electron chi connectivity index (χ1n) is 6.71. The second kappa shape index (κ2) is 4.96. The summed E-state index contributed by atoms with van der Waals surface area (Å²) in [5, 5.41) is 5.43. The van der Waals surface area contributed by atoms with Gasteiger partial charge in [0.25, 0.3) is 0 Å². The molecule has 3 aromatic rings. The van der Waals surface area contributed by atoms with Crippen molar-refractivity contribution in [3.8, 4) is 17.1 Å². The number of benzene rings is 1. The molecule has 102 valence electrons. The molecule has 0 atom stereocenters. The number of hydrogen-bond acceptors (Lipinski definition) is 3.